The number of aliphatic hydroxyl groups excluding tert-OH is 4. The van der Waals surface area contributed by atoms with Gasteiger partial charge in [0.15, 0.2) is 17.3 Å². The molecule has 0 spiro atoms. The van der Waals surface area contributed by atoms with Crippen molar-refractivity contribution in [3.63, 3.8) is 0 Å². The molecule has 2 rings (SSSR count). The van der Waals surface area contributed by atoms with E-state index in [9.17, 15) is 25.2 Å². The third-order valence-corrected chi connectivity index (χ3v) is 3.90. The number of ketones is 1. The molecular weight excluding hydrogens is 320 g/mol. The van der Waals surface area contributed by atoms with E-state index in [1.54, 1.807) is 13.0 Å². The van der Waals surface area contributed by atoms with Crippen LogP contribution in [0.15, 0.2) is 18.2 Å². The fraction of sp³-hybridized carbons (Fsp3) is 0.562. The lowest BCUT2D eigenvalue weighted by Gasteiger charge is -2.39. The van der Waals surface area contributed by atoms with Crippen molar-refractivity contribution < 1.29 is 39.4 Å². The molecule has 1 aliphatic rings. The van der Waals surface area contributed by atoms with Crippen LogP contribution in [0.4, 0.5) is 0 Å². The topological polar surface area (TPSA) is 126 Å². The molecule has 5 atom stereocenters. The van der Waals surface area contributed by atoms with Crippen molar-refractivity contribution in [3.8, 4) is 11.5 Å². The number of hydrogen-bond donors (Lipinski definition) is 4. The second-order valence-corrected chi connectivity index (χ2v) is 5.46. The van der Waals surface area contributed by atoms with E-state index in [2.05, 4.69) is 0 Å². The molecule has 24 heavy (non-hydrogen) atoms. The number of aliphatic hydroxyl groups is 4. The fourth-order valence-corrected chi connectivity index (χ4v) is 2.43. The predicted molar refractivity (Wildman–Crippen MR) is 82.0 cm³/mol. The second kappa shape index (κ2) is 7.91. The van der Waals surface area contributed by atoms with Gasteiger partial charge < -0.3 is 34.6 Å². The Hall–Kier alpha value is -1.71. The fourth-order valence-electron chi connectivity index (χ4n) is 2.43. The molecule has 1 aliphatic heterocycles. The molecule has 0 aliphatic carbocycles. The van der Waals surface area contributed by atoms with Crippen LogP contribution >= 0.6 is 0 Å². The van der Waals surface area contributed by atoms with Crippen LogP contribution in [0.3, 0.4) is 0 Å². The van der Waals surface area contributed by atoms with Crippen molar-refractivity contribution in [3.05, 3.63) is 23.8 Å². The standard InChI is InChI=1S/C16H22O8/c1-3-9(18)8-4-5-10(11(6-8)22-2)23-16-15(21)14(20)13(19)12(7-17)24-16/h4-6,12-17,19-21H,3,7H2,1-2H3. The van der Waals surface area contributed by atoms with Gasteiger partial charge in [0.1, 0.15) is 24.4 Å². The first-order valence-corrected chi connectivity index (χ1v) is 7.61. The highest BCUT2D eigenvalue weighted by Crippen LogP contribution is 2.32. The zero-order valence-corrected chi connectivity index (χ0v) is 13.5. The van der Waals surface area contributed by atoms with E-state index in [1.807, 2.05) is 0 Å². The Morgan fingerprint density at radius 3 is 2.46 bits per heavy atom. The molecule has 0 bridgehead atoms. The van der Waals surface area contributed by atoms with Crippen LogP contribution in [0.2, 0.25) is 0 Å². The van der Waals surface area contributed by atoms with Gasteiger partial charge in [-0.2, -0.15) is 0 Å². The van der Waals surface area contributed by atoms with E-state index in [1.165, 1.54) is 19.2 Å². The van der Waals surface area contributed by atoms with Gasteiger partial charge in [-0.15, -0.1) is 0 Å². The molecule has 1 aromatic carbocycles. The van der Waals surface area contributed by atoms with Gasteiger partial charge in [0.05, 0.1) is 13.7 Å². The zero-order valence-electron chi connectivity index (χ0n) is 13.5. The van der Waals surface area contributed by atoms with E-state index in [0.29, 0.717) is 12.0 Å². The minimum atomic E-state index is -1.53. The molecule has 8 heteroatoms. The van der Waals surface area contributed by atoms with Gasteiger partial charge in [-0.3, -0.25) is 4.79 Å². The summed E-state index contributed by atoms with van der Waals surface area (Å²) in [5.41, 5.74) is 0.454. The Balaban J connectivity index is 2.21. The summed E-state index contributed by atoms with van der Waals surface area (Å²) in [4.78, 5) is 11.7. The molecule has 0 amide bonds. The lowest BCUT2D eigenvalue weighted by atomic mass is 9.99. The molecule has 1 heterocycles. The van der Waals surface area contributed by atoms with Crippen molar-refractivity contribution in [2.75, 3.05) is 13.7 Å². The van der Waals surface area contributed by atoms with Gasteiger partial charge in [0, 0.05) is 12.0 Å². The predicted octanol–water partition coefficient (Wildman–Crippen LogP) is -0.533. The Morgan fingerprint density at radius 1 is 1.17 bits per heavy atom. The monoisotopic (exact) mass is 342 g/mol. The highest BCUT2D eigenvalue weighted by Gasteiger charge is 2.44. The molecule has 0 radical (unpaired) electrons. The average Bonchev–Trinajstić information content (AvgIpc) is 2.61. The van der Waals surface area contributed by atoms with Crippen molar-refractivity contribution in [2.24, 2.45) is 0 Å². The van der Waals surface area contributed by atoms with Gasteiger partial charge in [-0.05, 0) is 18.2 Å². The maximum absolute atomic E-state index is 11.7. The molecule has 1 fully saturated rings. The minimum Gasteiger partial charge on any atom is -0.493 e. The first-order valence-electron chi connectivity index (χ1n) is 7.61. The first-order chi connectivity index (χ1) is 11.4. The molecule has 0 aromatic heterocycles. The summed E-state index contributed by atoms with van der Waals surface area (Å²) >= 11 is 0. The number of hydrogen-bond acceptors (Lipinski definition) is 8. The summed E-state index contributed by atoms with van der Waals surface area (Å²) in [5.74, 6) is 0.383. The molecule has 5 unspecified atom stereocenters. The van der Waals surface area contributed by atoms with Gasteiger partial charge in [0.2, 0.25) is 6.29 Å². The molecule has 8 nitrogen and oxygen atoms in total. The number of ether oxygens (including phenoxy) is 3. The normalized spacial score (nSPS) is 30.0. The molecule has 0 saturated carbocycles. The third-order valence-electron chi connectivity index (χ3n) is 3.90. The van der Waals surface area contributed by atoms with Crippen LogP contribution in [0.25, 0.3) is 0 Å². The number of carbonyl (C=O) groups excluding carboxylic acids is 1. The van der Waals surface area contributed by atoms with Crippen LogP contribution < -0.4 is 9.47 Å². The van der Waals surface area contributed by atoms with Crippen molar-refractivity contribution in [2.45, 2.75) is 44.1 Å². The van der Waals surface area contributed by atoms with Gasteiger partial charge in [0.25, 0.3) is 0 Å². The number of Topliss-reactive ketones (excluding diaryl/α,β-unsaturated/α-hetero) is 1. The van der Waals surface area contributed by atoms with Crippen LogP contribution in [-0.4, -0.2) is 70.6 Å². The summed E-state index contributed by atoms with van der Waals surface area (Å²) in [6, 6.07) is 4.54. The smallest absolute Gasteiger partial charge is 0.229 e. The molecule has 1 aromatic rings. The number of carbonyl (C=O) groups is 1. The van der Waals surface area contributed by atoms with E-state index in [0.717, 1.165) is 0 Å². The molecule has 1 saturated heterocycles. The summed E-state index contributed by atoms with van der Waals surface area (Å²) in [6.45, 7) is 1.19. The van der Waals surface area contributed by atoms with Crippen molar-refractivity contribution >= 4 is 5.78 Å². The minimum absolute atomic E-state index is 0.0623. The average molecular weight is 342 g/mol. The van der Waals surface area contributed by atoms with Gasteiger partial charge in [-0.25, -0.2) is 0 Å². The Labute approximate surface area is 139 Å². The van der Waals surface area contributed by atoms with Gasteiger partial charge in [-0.1, -0.05) is 6.92 Å². The second-order valence-electron chi connectivity index (χ2n) is 5.46. The maximum atomic E-state index is 11.7. The highest BCUT2D eigenvalue weighted by atomic mass is 16.7. The third kappa shape index (κ3) is 3.68. The Bertz CT molecular complexity index is 573. The summed E-state index contributed by atoms with van der Waals surface area (Å²) < 4.78 is 16.0. The zero-order chi connectivity index (χ0) is 17.9. The quantitative estimate of drug-likeness (QED) is 0.508. The number of benzene rings is 1. The van der Waals surface area contributed by atoms with E-state index >= 15 is 0 Å². The molecule has 134 valence electrons. The SMILES string of the molecule is CCC(=O)c1ccc(OC2OC(CO)C(O)C(O)C2O)c(OC)c1. The lowest BCUT2D eigenvalue weighted by Crippen LogP contribution is -2.60. The summed E-state index contributed by atoms with van der Waals surface area (Å²) in [7, 11) is 1.40. The summed E-state index contributed by atoms with van der Waals surface area (Å²) in [5, 5.41) is 38.7. The van der Waals surface area contributed by atoms with E-state index in [4.69, 9.17) is 14.2 Å². The van der Waals surface area contributed by atoms with Crippen LogP contribution in [-0.2, 0) is 4.74 Å². The van der Waals surface area contributed by atoms with Crippen LogP contribution in [0.5, 0.6) is 11.5 Å². The molecular formula is C16H22O8. The van der Waals surface area contributed by atoms with E-state index in [-0.39, 0.29) is 17.3 Å². The van der Waals surface area contributed by atoms with E-state index < -0.39 is 37.3 Å². The van der Waals surface area contributed by atoms with Crippen molar-refractivity contribution in [1.82, 2.24) is 0 Å². The van der Waals surface area contributed by atoms with Crippen LogP contribution in [0.1, 0.15) is 23.7 Å². The number of methoxy groups -OCH3 is 1. The van der Waals surface area contributed by atoms with Gasteiger partial charge >= 0.3 is 0 Å². The summed E-state index contributed by atoms with van der Waals surface area (Å²) in [6.07, 6.45) is -6.56. The maximum Gasteiger partial charge on any atom is 0.229 e. The highest BCUT2D eigenvalue weighted by molar-refractivity contribution is 5.96. The Kier molecular flexibility index (Phi) is 6.14. The first kappa shape index (κ1) is 18.6. The Morgan fingerprint density at radius 2 is 1.88 bits per heavy atom. The number of rotatable bonds is 6. The lowest BCUT2D eigenvalue weighted by molar-refractivity contribution is -0.277. The van der Waals surface area contributed by atoms with Crippen molar-refractivity contribution in [1.29, 1.82) is 0 Å². The largest absolute Gasteiger partial charge is 0.493 e. The molecule has 4 N–H and O–H groups in total. The van der Waals surface area contributed by atoms with Crippen LogP contribution in [0, 0.1) is 0 Å².